The minimum atomic E-state index is -4.48. The van der Waals surface area contributed by atoms with Gasteiger partial charge < -0.3 is 9.29 Å². The first-order valence-corrected chi connectivity index (χ1v) is 7.96. The smallest absolute Gasteiger partial charge is 0.134 e. The van der Waals surface area contributed by atoms with E-state index in [1.807, 2.05) is 37.3 Å². The minimum Gasteiger partial charge on any atom is -0.744 e. The van der Waals surface area contributed by atoms with Crippen molar-refractivity contribution < 1.29 is 17.7 Å². The molecule has 0 fully saturated rings. The van der Waals surface area contributed by atoms with Crippen molar-refractivity contribution in [3.8, 4) is 5.75 Å². The van der Waals surface area contributed by atoms with E-state index in [1.165, 1.54) is 12.1 Å². The molecule has 0 aromatic heterocycles. The average Bonchev–Trinajstić information content (AvgIpc) is 2.45. The van der Waals surface area contributed by atoms with Crippen LogP contribution in [-0.2, 0) is 10.1 Å². The number of hydrogen-bond donors (Lipinski definition) is 0. The van der Waals surface area contributed by atoms with Gasteiger partial charge in [-0.3, -0.25) is 0 Å². The molecule has 0 saturated heterocycles. The van der Waals surface area contributed by atoms with E-state index in [0.29, 0.717) is 17.7 Å². The van der Waals surface area contributed by atoms with Gasteiger partial charge in [-0.2, -0.15) is 0 Å². The maximum atomic E-state index is 11.2. The highest BCUT2D eigenvalue weighted by Gasteiger charge is 2.11. The molecule has 0 heterocycles. The van der Waals surface area contributed by atoms with Crippen LogP contribution >= 0.6 is 0 Å². The Labute approximate surface area is 122 Å². The Morgan fingerprint density at radius 2 is 1.71 bits per heavy atom. The molecule has 0 amide bonds. The zero-order valence-electron chi connectivity index (χ0n) is 11.4. The Bertz CT molecular complexity index is 930. The largest absolute Gasteiger partial charge is 0.744 e. The van der Waals surface area contributed by atoms with Crippen LogP contribution in [0.1, 0.15) is 6.92 Å². The van der Waals surface area contributed by atoms with Crippen molar-refractivity contribution in [2.24, 2.45) is 0 Å². The summed E-state index contributed by atoms with van der Waals surface area (Å²) < 4.78 is 39.3. The lowest BCUT2D eigenvalue weighted by Crippen LogP contribution is -1.99. The fraction of sp³-hybridized carbons (Fsp3) is 0.125. The van der Waals surface area contributed by atoms with Crippen molar-refractivity contribution in [1.29, 1.82) is 0 Å². The summed E-state index contributed by atoms with van der Waals surface area (Å²) in [6.45, 7) is 2.32. The lowest BCUT2D eigenvalue weighted by molar-refractivity contribution is 0.348. The maximum Gasteiger partial charge on any atom is 0.134 e. The fourth-order valence-corrected chi connectivity index (χ4v) is 2.95. The highest BCUT2D eigenvalue weighted by molar-refractivity contribution is 7.85. The summed E-state index contributed by atoms with van der Waals surface area (Å²) in [6.07, 6.45) is 0. The molecule has 3 rings (SSSR count). The maximum absolute atomic E-state index is 11.2. The number of benzene rings is 3. The predicted molar refractivity (Wildman–Crippen MR) is 80.6 cm³/mol. The van der Waals surface area contributed by atoms with Gasteiger partial charge in [-0.25, -0.2) is 8.42 Å². The molecule has 0 bridgehead atoms. The van der Waals surface area contributed by atoms with Crippen molar-refractivity contribution in [3.05, 3.63) is 48.5 Å². The van der Waals surface area contributed by atoms with Crippen LogP contribution in [-0.4, -0.2) is 19.6 Å². The summed E-state index contributed by atoms with van der Waals surface area (Å²) in [4.78, 5) is -0.244. The fourth-order valence-electron chi connectivity index (χ4n) is 2.46. The molecule has 0 aliphatic carbocycles. The normalized spacial score (nSPS) is 11.9. The summed E-state index contributed by atoms with van der Waals surface area (Å²) in [5.74, 6) is 0.608. The SMILES string of the molecule is CCOc1c2ccccc2cc2ccc(S(=O)(=O)[O-])cc12. The first-order chi connectivity index (χ1) is 10.0. The van der Waals surface area contributed by atoms with Crippen LogP contribution in [0.4, 0.5) is 0 Å². The Hall–Kier alpha value is -2.11. The molecule has 0 unspecified atom stereocenters. The van der Waals surface area contributed by atoms with Crippen LogP contribution in [0.3, 0.4) is 0 Å². The molecule has 4 nitrogen and oxygen atoms in total. The topological polar surface area (TPSA) is 66.4 Å². The summed E-state index contributed by atoms with van der Waals surface area (Å²) >= 11 is 0. The van der Waals surface area contributed by atoms with Crippen molar-refractivity contribution in [2.75, 3.05) is 6.61 Å². The van der Waals surface area contributed by atoms with E-state index < -0.39 is 10.1 Å². The molecule has 3 aromatic rings. The van der Waals surface area contributed by atoms with Gasteiger partial charge in [0.25, 0.3) is 0 Å². The molecule has 3 aromatic carbocycles. The second kappa shape index (κ2) is 5.02. The van der Waals surface area contributed by atoms with Crippen LogP contribution in [0.2, 0.25) is 0 Å². The molecule has 0 aliphatic rings. The highest BCUT2D eigenvalue weighted by atomic mass is 32.2. The number of fused-ring (bicyclic) bond motifs is 2. The molecule has 0 aliphatic heterocycles. The Kier molecular flexibility index (Phi) is 3.31. The Morgan fingerprint density at radius 1 is 1.00 bits per heavy atom. The van der Waals surface area contributed by atoms with Crippen LogP contribution in [0.15, 0.2) is 53.4 Å². The third kappa shape index (κ3) is 2.46. The first-order valence-electron chi connectivity index (χ1n) is 6.55. The molecular formula is C16H13O4S-. The van der Waals surface area contributed by atoms with Crippen LogP contribution in [0.5, 0.6) is 5.75 Å². The van der Waals surface area contributed by atoms with Crippen LogP contribution < -0.4 is 4.74 Å². The Balaban J connectivity index is 2.44. The average molecular weight is 301 g/mol. The van der Waals surface area contributed by atoms with E-state index in [2.05, 4.69) is 0 Å². The van der Waals surface area contributed by atoms with E-state index in [0.717, 1.165) is 16.2 Å². The molecule has 0 N–H and O–H groups in total. The minimum absolute atomic E-state index is 0.244. The molecule has 0 spiro atoms. The van der Waals surface area contributed by atoms with Crippen molar-refractivity contribution in [1.82, 2.24) is 0 Å². The standard InChI is InChI=1S/C16H14O4S/c1-2-20-16-14-6-4-3-5-11(14)9-12-7-8-13(10-15(12)16)21(17,18)19/h3-10H,2H2,1H3,(H,17,18,19)/p-1. The van der Waals surface area contributed by atoms with Gasteiger partial charge in [0.1, 0.15) is 15.9 Å². The zero-order chi connectivity index (χ0) is 15.0. The van der Waals surface area contributed by atoms with Crippen LogP contribution in [0.25, 0.3) is 21.5 Å². The molecular weight excluding hydrogens is 288 g/mol. The molecule has 108 valence electrons. The van der Waals surface area contributed by atoms with E-state index in [-0.39, 0.29) is 4.90 Å². The second-order valence-electron chi connectivity index (χ2n) is 4.70. The zero-order valence-corrected chi connectivity index (χ0v) is 12.2. The summed E-state index contributed by atoms with van der Waals surface area (Å²) in [5, 5.41) is 3.37. The molecule has 0 atom stereocenters. The van der Waals surface area contributed by atoms with E-state index in [4.69, 9.17) is 4.74 Å². The lowest BCUT2D eigenvalue weighted by atomic mass is 10.0. The van der Waals surface area contributed by atoms with Gasteiger partial charge in [0.15, 0.2) is 0 Å². The number of hydrogen-bond acceptors (Lipinski definition) is 4. The van der Waals surface area contributed by atoms with Gasteiger partial charge >= 0.3 is 0 Å². The Morgan fingerprint density at radius 3 is 2.43 bits per heavy atom. The molecule has 5 heteroatoms. The third-order valence-electron chi connectivity index (χ3n) is 3.36. The van der Waals surface area contributed by atoms with Gasteiger partial charge in [-0.15, -0.1) is 0 Å². The summed E-state index contributed by atoms with van der Waals surface area (Å²) in [7, 11) is -4.48. The third-order valence-corrected chi connectivity index (χ3v) is 4.19. The van der Waals surface area contributed by atoms with Gasteiger partial charge in [-0.05, 0) is 35.9 Å². The molecule has 0 radical (unpaired) electrons. The highest BCUT2D eigenvalue weighted by Crippen LogP contribution is 2.36. The van der Waals surface area contributed by atoms with Crippen LogP contribution in [0, 0.1) is 0 Å². The van der Waals surface area contributed by atoms with Gasteiger partial charge in [-0.1, -0.05) is 30.3 Å². The quantitative estimate of drug-likeness (QED) is 0.550. The monoisotopic (exact) mass is 301 g/mol. The second-order valence-corrected chi connectivity index (χ2v) is 6.08. The lowest BCUT2D eigenvalue weighted by Gasteiger charge is -2.14. The number of ether oxygens (including phenoxy) is 1. The first kappa shape index (κ1) is 13.9. The number of rotatable bonds is 3. The van der Waals surface area contributed by atoms with Crippen molar-refractivity contribution >= 4 is 31.7 Å². The molecule has 21 heavy (non-hydrogen) atoms. The van der Waals surface area contributed by atoms with Gasteiger partial charge in [0, 0.05) is 10.8 Å². The van der Waals surface area contributed by atoms with E-state index >= 15 is 0 Å². The van der Waals surface area contributed by atoms with Crippen molar-refractivity contribution in [2.45, 2.75) is 11.8 Å². The predicted octanol–water partition coefficient (Wildman–Crippen LogP) is 3.30. The van der Waals surface area contributed by atoms with Gasteiger partial charge in [0.2, 0.25) is 0 Å². The molecule has 0 saturated carbocycles. The van der Waals surface area contributed by atoms with Gasteiger partial charge in [0.05, 0.1) is 11.5 Å². The van der Waals surface area contributed by atoms with E-state index in [9.17, 15) is 13.0 Å². The summed E-state index contributed by atoms with van der Waals surface area (Å²) in [5.41, 5.74) is 0. The van der Waals surface area contributed by atoms with E-state index in [1.54, 1.807) is 6.07 Å². The van der Waals surface area contributed by atoms with Crippen molar-refractivity contribution in [3.63, 3.8) is 0 Å². The summed E-state index contributed by atoms with van der Waals surface area (Å²) in [6, 6.07) is 14.0.